The molecule has 10 heteroatoms. The highest BCUT2D eigenvalue weighted by molar-refractivity contribution is 7.89. The number of amides is 1. The van der Waals surface area contributed by atoms with Gasteiger partial charge in [-0.25, -0.2) is 13.4 Å². The Morgan fingerprint density at radius 1 is 1.43 bits per heavy atom. The van der Waals surface area contributed by atoms with Crippen molar-refractivity contribution in [1.29, 1.82) is 0 Å². The second-order valence-electron chi connectivity index (χ2n) is 7.41. The lowest BCUT2D eigenvalue weighted by Gasteiger charge is -2.31. The van der Waals surface area contributed by atoms with Gasteiger partial charge in [-0.2, -0.15) is 4.31 Å². The molecule has 1 aliphatic rings. The molecule has 28 heavy (non-hydrogen) atoms. The van der Waals surface area contributed by atoms with Crippen molar-refractivity contribution < 1.29 is 17.7 Å². The first-order chi connectivity index (χ1) is 13.2. The molecular formula is C18H26N4O4S2. The van der Waals surface area contributed by atoms with Crippen LogP contribution in [0.3, 0.4) is 0 Å². The molecule has 0 bridgehead atoms. The lowest BCUT2D eigenvalue weighted by molar-refractivity contribution is -0.126. The third-order valence-electron chi connectivity index (χ3n) is 4.83. The maximum Gasteiger partial charge on any atom is 0.248 e. The van der Waals surface area contributed by atoms with Crippen LogP contribution in [0.5, 0.6) is 0 Å². The van der Waals surface area contributed by atoms with Crippen LogP contribution in [0.25, 0.3) is 0 Å². The van der Waals surface area contributed by atoms with Crippen molar-refractivity contribution in [3.63, 3.8) is 0 Å². The summed E-state index contributed by atoms with van der Waals surface area (Å²) >= 11 is 1.59. The molecule has 8 nitrogen and oxygen atoms in total. The summed E-state index contributed by atoms with van der Waals surface area (Å²) in [5.41, 5.74) is 1.17. The number of aryl methyl sites for hydroxylation is 2. The van der Waals surface area contributed by atoms with Crippen LogP contribution >= 0.6 is 11.3 Å². The SMILES string of the molecule is Cc1noc(C)c1S(=O)(=O)N1CCCC(C(=O)NCc2csc(C(C)C)n2)C1. The van der Waals surface area contributed by atoms with Gasteiger partial charge in [-0.1, -0.05) is 19.0 Å². The van der Waals surface area contributed by atoms with E-state index in [1.54, 1.807) is 25.2 Å². The van der Waals surface area contributed by atoms with E-state index in [0.717, 1.165) is 10.7 Å². The largest absolute Gasteiger partial charge is 0.360 e. The summed E-state index contributed by atoms with van der Waals surface area (Å²) in [5.74, 6) is 0.106. The van der Waals surface area contributed by atoms with Crippen LogP contribution in [0.15, 0.2) is 14.8 Å². The number of rotatable bonds is 6. The summed E-state index contributed by atoms with van der Waals surface area (Å²) in [7, 11) is -3.73. The van der Waals surface area contributed by atoms with Crippen LogP contribution in [-0.2, 0) is 21.4 Å². The van der Waals surface area contributed by atoms with Crippen LogP contribution in [0.1, 0.15) is 54.8 Å². The number of nitrogens with zero attached hydrogens (tertiary/aromatic N) is 3. The summed E-state index contributed by atoms with van der Waals surface area (Å²) < 4.78 is 32.4. The van der Waals surface area contributed by atoms with Gasteiger partial charge >= 0.3 is 0 Å². The van der Waals surface area contributed by atoms with Crippen molar-refractivity contribution in [2.75, 3.05) is 13.1 Å². The predicted molar refractivity (Wildman–Crippen MR) is 106 cm³/mol. The highest BCUT2D eigenvalue weighted by Gasteiger charge is 2.36. The molecule has 154 valence electrons. The van der Waals surface area contributed by atoms with Crippen LogP contribution in [0.2, 0.25) is 0 Å². The standard InChI is InChI=1S/C18H26N4O4S2/c1-11(2)18-20-15(10-27-18)8-19-17(23)14-6-5-7-22(9-14)28(24,25)16-12(3)21-26-13(16)4/h10-11,14H,5-9H2,1-4H3,(H,19,23). The van der Waals surface area contributed by atoms with Crippen molar-refractivity contribution in [2.24, 2.45) is 5.92 Å². The topological polar surface area (TPSA) is 105 Å². The zero-order valence-corrected chi connectivity index (χ0v) is 18.2. The maximum absolute atomic E-state index is 13.0. The fourth-order valence-corrected chi connectivity index (χ4v) is 5.99. The number of hydrogen-bond acceptors (Lipinski definition) is 7. The minimum Gasteiger partial charge on any atom is -0.360 e. The van der Waals surface area contributed by atoms with E-state index in [9.17, 15) is 13.2 Å². The Morgan fingerprint density at radius 2 is 2.18 bits per heavy atom. The number of carbonyl (C=O) groups excluding carboxylic acids is 1. The summed E-state index contributed by atoms with van der Waals surface area (Å²) in [4.78, 5) is 17.2. The minimum absolute atomic E-state index is 0.109. The first-order valence-electron chi connectivity index (χ1n) is 9.35. The molecule has 0 spiro atoms. The first kappa shape index (κ1) is 20.9. The fraction of sp³-hybridized carbons (Fsp3) is 0.611. The molecular weight excluding hydrogens is 400 g/mol. The van der Waals surface area contributed by atoms with Crippen molar-refractivity contribution in [1.82, 2.24) is 19.8 Å². The van der Waals surface area contributed by atoms with E-state index >= 15 is 0 Å². The molecule has 1 aliphatic heterocycles. The molecule has 1 unspecified atom stereocenters. The van der Waals surface area contributed by atoms with Gasteiger partial charge < -0.3 is 9.84 Å². The van der Waals surface area contributed by atoms with E-state index < -0.39 is 10.0 Å². The lowest BCUT2D eigenvalue weighted by atomic mass is 9.99. The van der Waals surface area contributed by atoms with Crippen LogP contribution < -0.4 is 5.32 Å². The maximum atomic E-state index is 13.0. The smallest absolute Gasteiger partial charge is 0.248 e. The summed E-state index contributed by atoms with van der Waals surface area (Å²) in [6.45, 7) is 8.26. The molecule has 2 aromatic heterocycles. The highest BCUT2D eigenvalue weighted by Crippen LogP contribution is 2.28. The average molecular weight is 427 g/mol. The number of nitrogens with one attached hydrogen (secondary N) is 1. The molecule has 0 saturated carbocycles. The summed E-state index contributed by atoms with van der Waals surface area (Å²) in [5, 5.41) is 9.64. The first-order valence-corrected chi connectivity index (χ1v) is 11.7. The predicted octanol–water partition coefficient (Wildman–Crippen LogP) is 2.59. The van der Waals surface area contributed by atoms with Gasteiger partial charge in [-0.3, -0.25) is 4.79 Å². The Hall–Kier alpha value is -1.78. The van der Waals surface area contributed by atoms with E-state index in [4.69, 9.17) is 4.52 Å². The highest BCUT2D eigenvalue weighted by atomic mass is 32.2. The molecule has 2 aromatic rings. The molecule has 0 aromatic carbocycles. The molecule has 1 amide bonds. The number of piperidine rings is 1. The molecule has 0 radical (unpaired) electrons. The average Bonchev–Trinajstić information content (AvgIpc) is 3.26. The van der Waals surface area contributed by atoms with Gasteiger partial charge in [0.05, 0.1) is 23.2 Å². The van der Waals surface area contributed by atoms with E-state index in [1.807, 2.05) is 5.38 Å². The molecule has 1 saturated heterocycles. The third-order valence-corrected chi connectivity index (χ3v) is 8.13. The van der Waals surface area contributed by atoms with Crippen molar-refractivity contribution in [2.45, 2.75) is 57.9 Å². The zero-order valence-electron chi connectivity index (χ0n) is 16.6. The third kappa shape index (κ3) is 4.28. The molecule has 0 aliphatic carbocycles. The van der Waals surface area contributed by atoms with Gasteiger partial charge in [0, 0.05) is 24.4 Å². The van der Waals surface area contributed by atoms with E-state index in [-0.39, 0.29) is 29.0 Å². The van der Waals surface area contributed by atoms with E-state index in [1.165, 1.54) is 4.31 Å². The Balaban J connectivity index is 1.64. The number of carbonyl (C=O) groups is 1. The molecule has 1 atom stereocenters. The van der Waals surface area contributed by atoms with E-state index in [0.29, 0.717) is 37.5 Å². The minimum atomic E-state index is -3.73. The Bertz CT molecular complexity index is 929. The van der Waals surface area contributed by atoms with Crippen LogP contribution in [0, 0.1) is 19.8 Å². The number of sulfonamides is 1. The van der Waals surface area contributed by atoms with Crippen LogP contribution in [-0.4, -0.2) is 41.9 Å². The second kappa shape index (κ2) is 8.30. The summed E-state index contributed by atoms with van der Waals surface area (Å²) in [6.07, 6.45) is 1.29. The number of aromatic nitrogens is 2. The molecule has 1 N–H and O–H groups in total. The molecule has 3 rings (SSSR count). The van der Waals surface area contributed by atoms with Gasteiger partial charge in [0.1, 0.15) is 10.6 Å². The number of thiazole rings is 1. The van der Waals surface area contributed by atoms with E-state index in [2.05, 4.69) is 29.3 Å². The quantitative estimate of drug-likeness (QED) is 0.761. The zero-order chi connectivity index (χ0) is 20.5. The second-order valence-corrected chi connectivity index (χ2v) is 10.2. The Kier molecular flexibility index (Phi) is 6.21. The van der Waals surface area contributed by atoms with Crippen molar-refractivity contribution >= 4 is 27.3 Å². The fourth-order valence-electron chi connectivity index (χ4n) is 3.34. The Morgan fingerprint density at radius 3 is 2.79 bits per heavy atom. The molecule has 1 fully saturated rings. The van der Waals surface area contributed by atoms with Gasteiger partial charge in [-0.05, 0) is 26.7 Å². The monoisotopic (exact) mass is 426 g/mol. The Labute approximate surface area is 169 Å². The van der Waals surface area contributed by atoms with Gasteiger partial charge in [-0.15, -0.1) is 11.3 Å². The van der Waals surface area contributed by atoms with Crippen molar-refractivity contribution in [3.8, 4) is 0 Å². The van der Waals surface area contributed by atoms with Gasteiger partial charge in [0.15, 0.2) is 5.76 Å². The normalized spacial score (nSPS) is 18.5. The van der Waals surface area contributed by atoms with Gasteiger partial charge in [0.2, 0.25) is 15.9 Å². The summed E-state index contributed by atoms with van der Waals surface area (Å²) in [6, 6.07) is 0. The number of hydrogen-bond donors (Lipinski definition) is 1. The van der Waals surface area contributed by atoms with Crippen LogP contribution in [0.4, 0.5) is 0 Å². The van der Waals surface area contributed by atoms with Gasteiger partial charge in [0.25, 0.3) is 0 Å². The lowest BCUT2D eigenvalue weighted by Crippen LogP contribution is -2.45. The van der Waals surface area contributed by atoms with Crippen molar-refractivity contribution in [3.05, 3.63) is 27.5 Å². The molecule has 3 heterocycles.